The second kappa shape index (κ2) is 6.98. The van der Waals surface area contributed by atoms with Gasteiger partial charge in [-0.25, -0.2) is 0 Å². The highest BCUT2D eigenvalue weighted by Crippen LogP contribution is 2.29. The summed E-state index contributed by atoms with van der Waals surface area (Å²) in [6.07, 6.45) is 5.71. The highest BCUT2D eigenvalue weighted by Gasteiger charge is 2.30. The van der Waals surface area contributed by atoms with Crippen molar-refractivity contribution in [3.63, 3.8) is 0 Å². The van der Waals surface area contributed by atoms with Crippen LogP contribution in [0.1, 0.15) is 25.0 Å². The summed E-state index contributed by atoms with van der Waals surface area (Å²) in [6, 6.07) is 5.40. The summed E-state index contributed by atoms with van der Waals surface area (Å²) in [6.45, 7) is 3.93. The van der Waals surface area contributed by atoms with Crippen LogP contribution in [0, 0.1) is 0 Å². The van der Waals surface area contributed by atoms with Crippen LogP contribution in [0.5, 0.6) is 0 Å². The lowest BCUT2D eigenvalue weighted by atomic mass is 10.1. The Morgan fingerprint density at radius 3 is 2.58 bits per heavy atom. The van der Waals surface area contributed by atoms with Gasteiger partial charge in [0.15, 0.2) is 0 Å². The fourth-order valence-electron chi connectivity index (χ4n) is 1.46. The van der Waals surface area contributed by atoms with E-state index in [0.29, 0.717) is 12.0 Å². The first-order valence-corrected chi connectivity index (χ1v) is 6.05. The minimum atomic E-state index is -4.28. The lowest BCUT2D eigenvalue weighted by Gasteiger charge is -2.07. The Hall–Kier alpha value is -1.77. The maximum atomic E-state index is 12.5. The third-order valence-electron chi connectivity index (χ3n) is 2.67. The lowest BCUT2D eigenvalue weighted by molar-refractivity contribution is -0.137. The van der Waals surface area contributed by atoms with Crippen molar-refractivity contribution in [3.8, 4) is 0 Å². The highest BCUT2D eigenvalue weighted by atomic mass is 19.4. The van der Waals surface area contributed by atoms with Gasteiger partial charge < -0.3 is 0 Å². The molecule has 19 heavy (non-hydrogen) atoms. The molecule has 0 N–H and O–H groups in total. The molecule has 0 atom stereocenters. The van der Waals surface area contributed by atoms with Crippen LogP contribution in [0.25, 0.3) is 0 Å². The van der Waals surface area contributed by atoms with Crippen LogP contribution in [0.2, 0.25) is 0 Å². The quantitative estimate of drug-likeness (QED) is 0.646. The highest BCUT2D eigenvalue weighted by molar-refractivity contribution is 5.28. The smallest absolute Gasteiger partial charge is 0.166 e. The van der Waals surface area contributed by atoms with E-state index >= 15 is 0 Å². The molecule has 0 heterocycles. The lowest BCUT2D eigenvalue weighted by Crippen LogP contribution is -2.04. The molecule has 0 saturated heterocycles. The van der Waals surface area contributed by atoms with Crippen molar-refractivity contribution in [2.24, 2.45) is 0 Å². The Morgan fingerprint density at radius 2 is 1.95 bits per heavy atom. The van der Waals surface area contributed by atoms with Crippen LogP contribution in [-0.4, -0.2) is 0 Å². The Labute approximate surface area is 112 Å². The third-order valence-corrected chi connectivity index (χ3v) is 2.67. The summed E-state index contributed by atoms with van der Waals surface area (Å²) in [5.41, 5.74) is 1.20. The van der Waals surface area contributed by atoms with E-state index in [9.17, 15) is 13.2 Å². The van der Waals surface area contributed by atoms with Gasteiger partial charge in [-0.2, -0.15) is 13.2 Å². The van der Waals surface area contributed by atoms with E-state index in [1.165, 1.54) is 12.1 Å². The molecule has 0 amide bonds. The van der Waals surface area contributed by atoms with Crippen molar-refractivity contribution in [1.82, 2.24) is 0 Å². The van der Waals surface area contributed by atoms with E-state index in [2.05, 4.69) is 0 Å². The zero-order chi connectivity index (χ0) is 14.3. The summed E-state index contributed by atoms with van der Waals surface area (Å²) in [5.74, 6) is 0. The van der Waals surface area contributed by atoms with Crippen molar-refractivity contribution in [3.05, 3.63) is 71.3 Å². The monoisotopic (exact) mass is 266 g/mol. The van der Waals surface area contributed by atoms with Crippen molar-refractivity contribution in [1.29, 1.82) is 0 Å². The minimum Gasteiger partial charge on any atom is -0.166 e. The first kappa shape index (κ1) is 15.3. The maximum Gasteiger partial charge on any atom is 0.416 e. The average molecular weight is 266 g/mol. The summed E-state index contributed by atoms with van der Waals surface area (Å²) in [7, 11) is 0. The molecule has 102 valence electrons. The van der Waals surface area contributed by atoms with Crippen LogP contribution in [-0.2, 0) is 12.6 Å². The van der Waals surface area contributed by atoms with Crippen LogP contribution < -0.4 is 0 Å². The fourth-order valence-corrected chi connectivity index (χ4v) is 1.46. The number of benzene rings is 1. The van der Waals surface area contributed by atoms with Gasteiger partial charge in [-0.3, -0.25) is 0 Å². The Kier molecular flexibility index (Phi) is 5.61. The molecular formula is C16H17F3. The Morgan fingerprint density at radius 1 is 1.21 bits per heavy atom. The predicted molar refractivity (Wildman–Crippen MR) is 72.9 cm³/mol. The van der Waals surface area contributed by atoms with E-state index in [1.54, 1.807) is 6.07 Å². The molecule has 0 aliphatic rings. The second-order valence-corrected chi connectivity index (χ2v) is 4.22. The molecule has 0 aliphatic heterocycles. The number of alkyl halides is 3. The Bertz CT molecular complexity index is 491. The minimum absolute atomic E-state index is 0.489. The van der Waals surface area contributed by atoms with Crippen molar-refractivity contribution in [2.45, 2.75) is 26.4 Å². The van der Waals surface area contributed by atoms with E-state index in [4.69, 9.17) is 0 Å². The van der Waals surface area contributed by atoms with Crippen molar-refractivity contribution < 1.29 is 13.2 Å². The van der Waals surface area contributed by atoms with Crippen LogP contribution >= 0.6 is 0 Å². The molecule has 1 aromatic rings. The van der Waals surface area contributed by atoms with Crippen LogP contribution in [0.3, 0.4) is 0 Å². The van der Waals surface area contributed by atoms with Gasteiger partial charge in [0.1, 0.15) is 0 Å². The molecule has 0 saturated carbocycles. The van der Waals surface area contributed by atoms with Gasteiger partial charge in [0.25, 0.3) is 0 Å². The van der Waals surface area contributed by atoms with Gasteiger partial charge in [-0.1, -0.05) is 54.2 Å². The first-order chi connectivity index (χ1) is 8.93. The van der Waals surface area contributed by atoms with Gasteiger partial charge in [0.2, 0.25) is 0 Å². The van der Waals surface area contributed by atoms with E-state index < -0.39 is 11.7 Å². The number of rotatable bonds is 4. The first-order valence-electron chi connectivity index (χ1n) is 6.05. The molecule has 0 unspecified atom stereocenters. The van der Waals surface area contributed by atoms with E-state index in [0.717, 1.165) is 11.6 Å². The predicted octanol–water partition coefficient (Wildman–Crippen LogP) is 5.33. The second-order valence-electron chi connectivity index (χ2n) is 4.22. The van der Waals surface area contributed by atoms with E-state index in [1.807, 2.05) is 44.2 Å². The zero-order valence-corrected chi connectivity index (χ0v) is 11.0. The standard InChI is InChI=1S/C16H17F3/c1-3-13(2)8-5-4-6-9-14-10-7-11-15(12-14)16(17,18)19/h3-8,10-12H,9H2,1-2H3/b6-4-,8-5-,13-3+. The summed E-state index contributed by atoms with van der Waals surface area (Å²) in [4.78, 5) is 0. The molecule has 0 radical (unpaired) electrons. The Balaban J connectivity index is 2.64. The number of hydrogen-bond acceptors (Lipinski definition) is 0. The van der Waals surface area contributed by atoms with Gasteiger partial charge in [-0.05, 0) is 31.9 Å². The molecule has 0 spiro atoms. The third kappa shape index (κ3) is 5.60. The number of halogens is 3. The molecule has 3 heteroatoms. The average Bonchev–Trinajstić information content (AvgIpc) is 2.37. The molecule has 0 fully saturated rings. The molecule has 1 rings (SSSR count). The van der Waals surface area contributed by atoms with Crippen LogP contribution in [0.15, 0.2) is 60.2 Å². The maximum absolute atomic E-state index is 12.5. The molecular weight excluding hydrogens is 249 g/mol. The van der Waals surface area contributed by atoms with E-state index in [-0.39, 0.29) is 0 Å². The van der Waals surface area contributed by atoms with Crippen molar-refractivity contribution >= 4 is 0 Å². The van der Waals surface area contributed by atoms with Gasteiger partial charge in [-0.15, -0.1) is 0 Å². The largest absolute Gasteiger partial charge is 0.416 e. The molecule has 0 nitrogen and oxygen atoms in total. The molecule has 0 aliphatic carbocycles. The van der Waals surface area contributed by atoms with Gasteiger partial charge in [0, 0.05) is 0 Å². The van der Waals surface area contributed by atoms with Crippen molar-refractivity contribution in [2.75, 3.05) is 0 Å². The van der Waals surface area contributed by atoms with Gasteiger partial charge in [0.05, 0.1) is 5.56 Å². The summed E-state index contributed by atoms with van der Waals surface area (Å²) < 4.78 is 37.5. The number of hydrogen-bond donors (Lipinski definition) is 0. The van der Waals surface area contributed by atoms with Crippen LogP contribution in [0.4, 0.5) is 13.2 Å². The molecule has 0 aromatic heterocycles. The molecule has 1 aromatic carbocycles. The fraction of sp³-hybridized carbons (Fsp3) is 0.250. The normalized spacial score (nSPS) is 13.6. The zero-order valence-electron chi connectivity index (χ0n) is 11.0. The SMILES string of the molecule is C/C=C(C)/C=C\C=C/Cc1cccc(C(F)(F)F)c1. The number of allylic oxidation sites excluding steroid dienone is 6. The summed E-state index contributed by atoms with van der Waals surface area (Å²) in [5, 5.41) is 0. The summed E-state index contributed by atoms with van der Waals surface area (Å²) >= 11 is 0. The molecule has 0 bridgehead atoms. The van der Waals surface area contributed by atoms with Gasteiger partial charge >= 0.3 is 6.18 Å². The topological polar surface area (TPSA) is 0 Å².